The number of hydrogen-bond acceptors (Lipinski definition) is 3. The minimum absolute atomic E-state index is 0.232. The molecule has 0 radical (unpaired) electrons. The van der Waals surface area contributed by atoms with Crippen molar-refractivity contribution < 1.29 is 14.6 Å². The number of phenolic OH excluding ortho intramolecular Hbond substituents is 1. The Kier molecular flexibility index (Phi) is 8.54. The lowest BCUT2D eigenvalue weighted by Gasteiger charge is -2.29. The minimum Gasteiger partial charge on any atom is -0.507 e. The van der Waals surface area contributed by atoms with Crippen molar-refractivity contribution in [2.75, 3.05) is 14.2 Å². The highest BCUT2D eigenvalue weighted by atomic mass is 31.1. The van der Waals surface area contributed by atoms with Crippen LogP contribution in [0.5, 0.6) is 17.2 Å². The molecule has 0 aliphatic rings. The van der Waals surface area contributed by atoms with E-state index in [0.717, 1.165) is 61.1 Å². The van der Waals surface area contributed by atoms with Crippen LogP contribution in [0.15, 0.2) is 164 Å². The Labute approximate surface area is 293 Å². The van der Waals surface area contributed by atoms with E-state index < -0.39 is 7.92 Å². The van der Waals surface area contributed by atoms with Gasteiger partial charge in [-0.3, -0.25) is 0 Å². The lowest BCUT2D eigenvalue weighted by Crippen LogP contribution is -2.25. The second-order valence-corrected chi connectivity index (χ2v) is 14.4. The topological polar surface area (TPSA) is 54.5 Å². The first kappa shape index (κ1) is 31.4. The molecule has 0 saturated heterocycles. The molecule has 0 saturated carbocycles. The number of aromatic amines is 1. The summed E-state index contributed by atoms with van der Waals surface area (Å²) in [5, 5.41) is 18.5. The van der Waals surface area contributed by atoms with Gasteiger partial charge in [-0.15, -0.1) is 0 Å². The molecule has 0 aliphatic heterocycles. The molecule has 1 unspecified atom stereocenters. The Balaban J connectivity index is 1.51. The number of aromatic nitrogens is 1. The summed E-state index contributed by atoms with van der Waals surface area (Å²) in [4.78, 5) is 3.89. The maximum Gasteiger partial charge on any atom is 0.124 e. The molecule has 7 aromatic carbocycles. The number of methoxy groups -OCH3 is 2. The monoisotopic (exact) mass is 669 g/mol. The van der Waals surface area contributed by atoms with E-state index in [0.29, 0.717) is 0 Å². The summed E-state index contributed by atoms with van der Waals surface area (Å²) >= 11 is 0. The quantitative estimate of drug-likeness (QED) is 0.151. The van der Waals surface area contributed by atoms with Crippen molar-refractivity contribution in [2.45, 2.75) is 5.92 Å². The Morgan fingerprint density at radius 3 is 1.92 bits per heavy atom. The predicted octanol–water partition coefficient (Wildman–Crippen LogP) is 9.65. The van der Waals surface area contributed by atoms with Crippen molar-refractivity contribution in [3.05, 3.63) is 181 Å². The van der Waals surface area contributed by atoms with Crippen LogP contribution in [0, 0.1) is 0 Å². The largest absolute Gasteiger partial charge is 0.507 e. The van der Waals surface area contributed by atoms with Crippen LogP contribution in [0.3, 0.4) is 0 Å². The highest BCUT2D eigenvalue weighted by Crippen LogP contribution is 2.49. The molecule has 4 nitrogen and oxygen atoms in total. The number of fused-ring (bicyclic) bond motifs is 2. The summed E-state index contributed by atoms with van der Waals surface area (Å²) in [6.45, 7) is 0. The molecule has 50 heavy (non-hydrogen) atoms. The standard InChI is InChI=1S/C45H36NO3P/c1-48-31-26-28-41(50(32-16-5-3-6-17-32)33-18-7-4-8-19-33)37(29-31)42(36-22-12-14-24-40(36)49-2)45-44(35-21-11-13-23-38(35)46-45)43-34-20-10-9-15-30(34)25-27-39(43)47/h3-29,42,46-47H,1-2H3. The average Bonchev–Trinajstić information content (AvgIpc) is 3.55. The molecule has 0 spiro atoms. The molecule has 1 aromatic heterocycles. The van der Waals surface area contributed by atoms with Gasteiger partial charge in [0.1, 0.15) is 17.2 Å². The second-order valence-electron chi connectivity index (χ2n) is 12.2. The zero-order valence-electron chi connectivity index (χ0n) is 27.9. The van der Waals surface area contributed by atoms with E-state index >= 15 is 0 Å². The molecule has 0 aliphatic carbocycles. The van der Waals surface area contributed by atoms with Crippen LogP contribution in [-0.4, -0.2) is 24.3 Å². The number of H-pyrrole nitrogens is 1. The first-order valence-electron chi connectivity index (χ1n) is 16.7. The molecular weight excluding hydrogens is 633 g/mol. The normalized spacial score (nSPS) is 12.0. The van der Waals surface area contributed by atoms with E-state index in [-0.39, 0.29) is 11.7 Å². The number of rotatable bonds is 9. The number of phenols is 1. The van der Waals surface area contributed by atoms with E-state index in [1.165, 1.54) is 15.9 Å². The van der Waals surface area contributed by atoms with Gasteiger partial charge in [0.15, 0.2) is 0 Å². The number of hydrogen-bond donors (Lipinski definition) is 2. The maximum absolute atomic E-state index is 11.8. The first-order valence-corrected chi connectivity index (χ1v) is 18.0. The van der Waals surface area contributed by atoms with E-state index in [4.69, 9.17) is 9.47 Å². The van der Waals surface area contributed by atoms with Crippen LogP contribution in [0.1, 0.15) is 22.7 Å². The molecule has 0 bridgehead atoms. The van der Waals surface area contributed by atoms with Gasteiger partial charge in [-0.05, 0) is 76.6 Å². The van der Waals surface area contributed by atoms with E-state index in [1.807, 2.05) is 36.4 Å². The summed E-state index contributed by atoms with van der Waals surface area (Å²) in [6.07, 6.45) is 0. The molecule has 8 aromatic rings. The van der Waals surface area contributed by atoms with Crippen LogP contribution < -0.4 is 25.4 Å². The van der Waals surface area contributed by atoms with Gasteiger partial charge in [-0.2, -0.15) is 0 Å². The Morgan fingerprint density at radius 2 is 1.20 bits per heavy atom. The Bertz CT molecular complexity index is 2400. The van der Waals surface area contributed by atoms with Gasteiger partial charge in [0.25, 0.3) is 0 Å². The van der Waals surface area contributed by atoms with Crippen LogP contribution in [0.2, 0.25) is 0 Å². The van der Waals surface area contributed by atoms with Gasteiger partial charge < -0.3 is 19.6 Å². The third-order valence-corrected chi connectivity index (χ3v) is 12.0. The van der Waals surface area contributed by atoms with Crippen molar-refractivity contribution in [1.82, 2.24) is 4.98 Å². The summed E-state index contributed by atoms with van der Waals surface area (Å²) in [6, 6.07) is 56.7. The van der Waals surface area contributed by atoms with E-state index in [2.05, 4.69) is 132 Å². The summed E-state index contributed by atoms with van der Waals surface area (Å²) < 4.78 is 12.1. The highest BCUT2D eigenvalue weighted by Gasteiger charge is 2.32. The number of benzene rings is 7. The molecule has 8 rings (SSSR count). The molecule has 0 amide bonds. The minimum atomic E-state index is -0.993. The number of nitrogens with one attached hydrogen (secondary N) is 1. The van der Waals surface area contributed by atoms with Crippen LogP contribution in [0.4, 0.5) is 0 Å². The van der Waals surface area contributed by atoms with Gasteiger partial charge in [0.2, 0.25) is 0 Å². The Morgan fingerprint density at radius 1 is 0.560 bits per heavy atom. The second kappa shape index (κ2) is 13.6. The predicted molar refractivity (Wildman–Crippen MR) is 209 cm³/mol. The van der Waals surface area contributed by atoms with Gasteiger partial charge in [-0.1, -0.05) is 127 Å². The van der Waals surface area contributed by atoms with Crippen molar-refractivity contribution in [3.8, 4) is 28.4 Å². The maximum atomic E-state index is 11.8. The van der Waals surface area contributed by atoms with Gasteiger partial charge in [0, 0.05) is 33.3 Å². The van der Waals surface area contributed by atoms with Crippen LogP contribution in [0.25, 0.3) is 32.8 Å². The third-order valence-electron chi connectivity index (χ3n) is 9.45. The molecule has 0 fully saturated rings. The summed E-state index contributed by atoms with van der Waals surface area (Å²) in [5.41, 5.74) is 5.82. The van der Waals surface area contributed by atoms with Gasteiger partial charge in [0.05, 0.1) is 20.1 Å². The fraction of sp³-hybridized carbons (Fsp3) is 0.0667. The van der Waals surface area contributed by atoms with Gasteiger partial charge in [-0.25, -0.2) is 0 Å². The Hall–Kier alpha value is -5.83. The van der Waals surface area contributed by atoms with E-state index in [1.54, 1.807) is 14.2 Å². The summed E-state index contributed by atoms with van der Waals surface area (Å²) in [7, 11) is 2.45. The van der Waals surface area contributed by atoms with Crippen molar-refractivity contribution in [3.63, 3.8) is 0 Å². The van der Waals surface area contributed by atoms with Crippen molar-refractivity contribution in [2.24, 2.45) is 0 Å². The molecule has 1 heterocycles. The van der Waals surface area contributed by atoms with E-state index in [9.17, 15) is 5.11 Å². The smallest absolute Gasteiger partial charge is 0.124 e. The fourth-order valence-electron chi connectivity index (χ4n) is 7.23. The van der Waals surface area contributed by atoms with Gasteiger partial charge >= 0.3 is 0 Å². The zero-order valence-corrected chi connectivity index (χ0v) is 28.8. The fourth-order valence-corrected chi connectivity index (χ4v) is 9.70. The third kappa shape index (κ3) is 5.58. The molecule has 2 N–H and O–H groups in total. The molecular formula is C45H36NO3P. The SMILES string of the molecule is COc1ccc(P(c2ccccc2)c2ccccc2)c(C(c2ccccc2OC)c2[nH]c3ccccc3c2-c2c(O)ccc3ccccc23)c1. The number of aromatic hydroxyl groups is 1. The summed E-state index contributed by atoms with van der Waals surface area (Å²) in [5.74, 6) is 1.44. The van der Waals surface area contributed by atoms with Crippen molar-refractivity contribution in [1.29, 1.82) is 0 Å². The van der Waals surface area contributed by atoms with Crippen molar-refractivity contribution >= 4 is 45.5 Å². The zero-order chi connectivity index (χ0) is 34.0. The molecule has 244 valence electrons. The lowest BCUT2D eigenvalue weighted by molar-refractivity contribution is 0.408. The number of ether oxygens (including phenoxy) is 2. The average molecular weight is 670 g/mol. The number of para-hydroxylation sites is 2. The highest BCUT2D eigenvalue weighted by molar-refractivity contribution is 7.79. The molecule has 5 heteroatoms. The van der Waals surface area contributed by atoms with Crippen LogP contribution in [-0.2, 0) is 0 Å². The van der Waals surface area contributed by atoms with Crippen LogP contribution >= 0.6 is 7.92 Å². The first-order chi connectivity index (χ1) is 24.7. The lowest BCUT2D eigenvalue weighted by atomic mass is 9.83. The molecule has 1 atom stereocenters.